The van der Waals surface area contributed by atoms with E-state index < -0.39 is 18.0 Å². The van der Waals surface area contributed by atoms with Crippen molar-refractivity contribution < 1.29 is 14.6 Å². The summed E-state index contributed by atoms with van der Waals surface area (Å²) in [5, 5.41) is 27.9. The van der Waals surface area contributed by atoms with Gasteiger partial charge in [0.15, 0.2) is 6.10 Å². The first-order valence-electron chi connectivity index (χ1n) is 7.53. The van der Waals surface area contributed by atoms with Crippen LogP contribution >= 0.6 is 0 Å². The van der Waals surface area contributed by atoms with Gasteiger partial charge >= 0.3 is 5.97 Å². The molecular formula is C19H14N2O3. The Morgan fingerprint density at radius 1 is 1.12 bits per heavy atom. The molecule has 1 N–H and O–H groups in total. The highest BCUT2D eigenvalue weighted by Crippen LogP contribution is 2.47. The molecule has 5 nitrogen and oxygen atoms in total. The molecule has 3 rings (SSSR count). The topological polar surface area (TPSA) is 94.1 Å². The van der Waals surface area contributed by atoms with Crippen LogP contribution in [-0.4, -0.2) is 23.8 Å². The van der Waals surface area contributed by atoms with Crippen LogP contribution in [0.15, 0.2) is 36.4 Å². The maximum Gasteiger partial charge on any atom is 0.333 e. The number of carbonyl (C=O) groups is 1. The Labute approximate surface area is 139 Å². The van der Waals surface area contributed by atoms with Gasteiger partial charge in [0.2, 0.25) is 0 Å². The van der Waals surface area contributed by atoms with E-state index in [1.165, 1.54) is 0 Å². The van der Waals surface area contributed by atoms with E-state index >= 15 is 0 Å². The van der Waals surface area contributed by atoms with Gasteiger partial charge in [0.05, 0.1) is 23.3 Å². The number of ether oxygens (including phenoxy) is 1. The molecule has 1 aliphatic carbocycles. The normalized spacial score (nSPS) is 13.5. The molecule has 0 spiro atoms. The Morgan fingerprint density at radius 3 is 2.00 bits per heavy atom. The van der Waals surface area contributed by atoms with Crippen LogP contribution in [0.1, 0.15) is 35.1 Å². The van der Waals surface area contributed by atoms with Gasteiger partial charge < -0.3 is 9.84 Å². The number of hydrogen-bond acceptors (Lipinski definition) is 4. The molecule has 2 aromatic rings. The van der Waals surface area contributed by atoms with Gasteiger partial charge in [0.1, 0.15) is 0 Å². The number of nitriles is 2. The largest absolute Gasteiger partial charge is 0.479 e. The van der Waals surface area contributed by atoms with Crippen LogP contribution in [0.25, 0.3) is 11.1 Å². The molecule has 1 aliphatic rings. The summed E-state index contributed by atoms with van der Waals surface area (Å²) in [6.45, 7) is 2.00. The van der Waals surface area contributed by atoms with Gasteiger partial charge in [-0.25, -0.2) is 4.79 Å². The summed E-state index contributed by atoms with van der Waals surface area (Å²) in [5.74, 6) is -1.61. The lowest BCUT2D eigenvalue weighted by atomic mass is 9.89. The Balaban J connectivity index is 2.26. The summed E-state index contributed by atoms with van der Waals surface area (Å²) in [6, 6.07) is 14.7. The number of carboxylic acids is 1. The number of nitrogens with zero attached hydrogens (tertiary/aromatic N) is 2. The van der Waals surface area contributed by atoms with Crippen molar-refractivity contribution in [1.29, 1.82) is 10.5 Å². The summed E-state index contributed by atoms with van der Waals surface area (Å²) < 4.78 is 5.48. The smallest absolute Gasteiger partial charge is 0.333 e. The van der Waals surface area contributed by atoms with Crippen molar-refractivity contribution >= 4 is 5.97 Å². The predicted molar refractivity (Wildman–Crippen MR) is 86.2 cm³/mol. The predicted octanol–water partition coefficient (Wildman–Crippen LogP) is 3.03. The van der Waals surface area contributed by atoms with Crippen LogP contribution < -0.4 is 0 Å². The zero-order valence-electron chi connectivity index (χ0n) is 13.0. The third kappa shape index (κ3) is 2.42. The first-order chi connectivity index (χ1) is 11.6. The highest BCUT2D eigenvalue weighted by Gasteiger charge is 2.39. The third-order valence-electron chi connectivity index (χ3n) is 4.21. The number of benzene rings is 2. The Bertz CT molecular complexity index is 842. The van der Waals surface area contributed by atoms with E-state index in [-0.39, 0.29) is 6.61 Å². The van der Waals surface area contributed by atoms with Gasteiger partial charge in [0.25, 0.3) is 0 Å². The number of hydrogen-bond donors (Lipinski definition) is 1. The maximum absolute atomic E-state index is 11.7. The van der Waals surface area contributed by atoms with E-state index in [0.717, 1.165) is 22.3 Å². The summed E-state index contributed by atoms with van der Waals surface area (Å²) in [7, 11) is 0. The minimum absolute atomic E-state index is 0.258. The molecule has 1 unspecified atom stereocenters. The quantitative estimate of drug-likeness (QED) is 0.935. The van der Waals surface area contributed by atoms with Crippen molar-refractivity contribution in [2.45, 2.75) is 18.9 Å². The average molecular weight is 318 g/mol. The standard InChI is InChI=1S/C19H14N2O3/c1-2-24-18(19(22)23)17-15-7-11(9-20)3-5-13(15)14-6-4-12(10-21)8-16(14)17/h3-8,17-18H,2H2,1H3,(H,22,23). The third-order valence-corrected chi connectivity index (χ3v) is 4.21. The fourth-order valence-electron chi connectivity index (χ4n) is 3.25. The molecule has 24 heavy (non-hydrogen) atoms. The molecule has 0 bridgehead atoms. The van der Waals surface area contributed by atoms with Crippen molar-refractivity contribution in [2.75, 3.05) is 6.61 Å². The SMILES string of the molecule is CCOC(C(=O)O)C1c2cc(C#N)ccc2-c2ccc(C#N)cc21. The van der Waals surface area contributed by atoms with Crippen LogP contribution in [0.4, 0.5) is 0 Å². The minimum atomic E-state index is -1.07. The summed E-state index contributed by atoms with van der Waals surface area (Å²) in [4.78, 5) is 11.7. The van der Waals surface area contributed by atoms with Crippen molar-refractivity contribution in [2.24, 2.45) is 0 Å². The van der Waals surface area contributed by atoms with E-state index in [1.54, 1.807) is 31.2 Å². The van der Waals surface area contributed by atoms with E-state index in [2.05, 4.69) is 12.1 Å². The zero-order chi connectivity index (χ0) is 17.3. The zero-order valence-corrected chi connectivity index (χ0v) is 13.0. The first-order valence-corrected chi connectivity index (χ1v) is 7.53. The van der Waals surface area contributed by atoms with Crippen LogP contribution in [0.3, 0.4) is 0 Å². The number of rotatable bonds is 4. The summed E-state index contributed by atoms with van der Waals surface area (Å²) >= 11 is 0. The van der Waals surface area contributed by atoms with Gasteiger partial charge in [-0.1, -0.05) is 12.1 Å². The lowest BCUT2D eigenvalue weighted by Gasteiger charge is -2.22. The van der Waals surface area contributed by atoms with E-state index in [1.807, 2.05) is 12.1 Å². The molecule has 5 heteroatoms. The number of fused-ring (bicyclic) bond motifs is 3. The first kappa shape index (κ1) is 15.7. The molecule has 118 valence electrons. The minimum Gasteiger partial charge on any atom is -0.479 e. The molecule has 0 heterocycles. The molecule has 2 aromatic carbocycles. The van der Waals surface area contributed by atoms with E-state index in [4.69, 9.17) is 15.3 Å². The van der Waals surface area contributed by atoms with Crippen LogP contribution in [0.2, 0.25) is 0 Å². The molecule has 0 radical (unpaired) electrons. The molecule has 0 fully saturated rings. The summed E-state index contributed by atoms with van der Waals surface area (Å²) in [5.41, 5.74) is 4.19. The fraction of sp³-hybridized carbons (Fsp3) is 0.211. The van der Waals surface area contributed by atoms with Crippen molar-refractivity contribution in [3.8, 4) is 23.3 Å². The van der Waals surface area contributed by atoms with Crippen molar-refractivity contribution in [1.82, 2.24) is 0 Å². The second kappa shape index (κ2) is 6.16. The Hall–Kier alpha value is -3.15. The number of aliphatic carboxylic acids is 1. The van der Waals surface area contributed by atoms with Crippen LogP contribution in [0.5, 0.6) is 0 Å². The van der Waals surface area contributed by atoms with E-state index in [9.17, 15) is 9.90 Å². The van der Waals surface area contributed by atoms with Crippen molar-refractivity contribution in [3.63, 3.8) is 0 Å². The monoisotopic (exact) mass is 318 g/mol. The Morgan fingerprint density at radius 2 is 1.62 bits per heavy atom. The number of carboxylic acid groups (broad SMARTS) is 1. The van der Waals surface area contributed by atoms with Gasteiger partial charge in [0, 0.05) is 12.5 Å². The van der Waals surface area contributed by atoms with Gasteiger partial charge in [-0.15, -0.1) is 0 Å². The Kier molecular flexibility index (Phi) is 4.04. The second-order valence-corrected chi connectivity index (χ2v) is 5.52. The second-order valence-electron chi connectivity index (χ2n) is 5.52. The lowest BCUT2D eigenvalue weighted by Crippen LogP contribution is -2.31. The van der Waals surface area contributed by atoms with Crippen LogP contribution in [0, 0.1) is 22.7 Å². The molecule has 1 atom stereocenters. The summed E-state index contributed by atoms with van der Waals surface area (Å²) in [6.07, 6.45) is -1.07. The highest BCUT2D eigenvalue weighted by atomic mass is 16.5. The van der Waals surface area contributed by atoms with Gasteiger partial charge in [-0.05, 0) is 53.4 Å². The molecule has 0 aromatic heterocycles. The molecule has 0 saturated carbocycles. The van der Waals surface area contributed by atoms with Crippen molar-refractivity contribution in [3.05, 3.63) is 58.7 Å². The van der Waals surface area contributed by atoms with Gasteiger partial charge in [-0.3, -0.25) is 0 Å². The fourth-order valence-corrected chi connectivity index (χ4v) is 3.25. The average Bonchev–Trinajstić information content (AvgIpc) is 2.91. The lowest BCUT2D eigenvalue weighted by molar-refractivity contribution is -0.150. The molecule has 0 saturated heterocycles. The molecule has 0 aliphatic heterocycles. The maximum atomic E-state index is 11.7. The van der Waals surface area contributed by atoms with E-state index in [0.29, 0.717) is 11.1 Å². The van der Waals surface area contributed by atoms with Crippen LogP contribution in [-0.2, 0) is 9.53 Å². The highest BCUT2D eigenvalue weighted by molar-refractivity contribution is 5.85. The van der Waals surface area contributed by atoms with Gasteiger partial charge in [-0.2, -0.15) is 10.5 Å². The molecular weight excluding hydrogens is 304 g/mol. The molecule has 0 amide bonds.